The predicted molar refractivity (Wildman–Crippen MR) is 124 cm³/mol. The lowest BCUT2D eigenvalue weighted by Crippen LogP contribution is -2.38. The highest BCUT2D eigenvalue weighted by molar-refractivity contribution is 7.89. The third-order valence-electron chi connectivity index (χ3n) is 5.76. The Balaban J connectivity index is 1.54. The maximum Gasteiger partial charge on any atom is 0.251 e. The fourth-order valence-corrected chi connectivity index (χ4v) is 4.88. The zero-order valence-corrected chi connectivity index (χ0v) is 19.2. The zero-order valence-electron chi connectivity index (χ0n) is 18.4. The topological polar surface area (TPSA) is 104 Å². The molecule has 1 aliphatic rings. The van der Waals surface area contributed by atoms with Gasteiger partial charge in [0.25, 0.3) is 5.91 Å². The number of carbonyl (C=O) groups is 2. The summed E-state index contributed by atoms with van der Waals surface area (Å²) in [5, 5.41) is 5.65. The molecule has 2 amide bonds. The van der Waals surface area contributed by atoms with Crippen molar-refractivity contribution in [2.45, 2.75) is 50.5 Å². The molecule has 3 N–H and O–H groups in total. The third-order valence-corrected chi connectivity index (χ3v) is 7.16. The van der Waals surface area contributed by atoms with Crippen molar-refractivity contribution in [2.75, 3.05) is 13.1 Å². The van der Waals surface area contributed by atoms with Gasteiger partial charge in [-0.05, 0) is 43.0 Å². The molecular formula is C24H31N3O4S. The van der Waals surface area contributed by atoms with Gasteiger partial charge in [-0.1, -0.05) is 55.7 Å². The quantitative estimate of drug-likeness (QED) is 0.504. The summed E-state index contributed by atoms with van der Waals surface area (Å²) in [6, 6.07) is 13.7. The van der Waals surface area contributed by atoms with E-state index in [0.29, 0.717) is 17.7 Å². The lowest BCUT2D eigenvalue weighted by molar-refractivity contribution is -0.125. The van der Waals surface area contributed by atoms with Gasteiger partial charge in [0.15, 0.2) is 0 Å². The first-order chi connectivity index (χ1) is 15.4. The van der Waals surface area contributed by atoms with Crippen molar-refractivity contribution in [1.82, 2.24) is 15.4 Å². The van der Waals surface area contributed by atoms with E-state index in [0.717, 1.165) is 31.2 Å². The van der Waals surface area contributed by atoms with Gasteiger partial charge in [-0.15, -0.1) is 0 Å². The molecule has 2 aromatic carbocycles. The van der Waals surface area contributed by atoms with Crippen molar-refractivity contribution in [3.05, 3.63) is 65.2 Å². The molecule has 0 heterocycles. The van der Waals surface area contributed by atoms with Crippen LogP contribution in [0, 0.1) is 12.8 Å². The summed E-state index contributed by atoms with van der Waals surface area (Å²) in [5.74, 6) is -0.241. The number of nitrogens with one attached hydrogen (secondary N) is 3. The molecule has 0 bridgehead atoms. The highest BCUT2D eigenvalue weighted by Crippen LogP contribution is 2.23. The first kappa shape index (κ1) is 23.9. The second kappa shape index (κ2) is 11.2. The van der Waals surface area contributed by atoms with Crippen molar-refractivity contribution in [3.63, 3.8) is 0 Å². The van der Waals surface area contributed by atoms with Crippen LogP contribution in [0.4, 0.5) is 0 Å². The molecule has 2 aromatic rings. The van der Waals surface area contributed by atoms with Gasteiger partial charge < -0.3 is 10.6 Å². The van der Waals surface area contributed by atoms with Gasteiger partial charge in [-0.25, -0.2) is 13.1 Å². The van der Waals surface area contributed by atoms with Gasteiger partial charge >= 0.3 is 0 Å². The fourth-order valence-electron chi connectivity index (χ4n) is 3.84. The Morgan fingerprint density at radius 2 is 1.62 bits per heavy atom. The smallest absolute Gasteiger partial charge is 0.251 e. The number of carbonyl (C=O) groups excluding carboxylic acids is 2. The summed E-state index contributed by atoms with van der Waals surface area (Å²) >= 11 is 0. The number of hydrogen-bond acceptors (Lipinski definition) is 4. The maximum absolute atomic E-state index is 12.7. The second-order valence-electron chi connectivity index (χ2n) is 8.17. The van der Waals surface area contributed by atoms with Crippen molar-refractivity contribution in [1.29, 1.82) is 0 Å². The lowest BCUT2D eigenvalue weighted by atomic mass is 9.89. The van der Waals surface area contributed by atoms with Crippen molar-refractivity contribution >= 4 is 21.8 Å². The SMILES string of the molecule is Cc1ccc(S(=O)(=O)NCc2ccccc2)cc1C(=O)NCCNC(=O)C1CCCCC1. The molecule has 1 aliphatic carbocycles. The van der Waals surface area contributed by atoms with E-state index < -0.39 is 10.0 Å². The molecule has 0 radical (unpaired) electrons. The molecule has 172 valence electrons. The molecule has 1 saturated carbocycles. The largest absolute Gasteiger partial charge is 0.354 e. The Kier molecular flexibility index (Phi) is 8.41. The summed E-state index contributed by atoms with van der Waals surface area (Å²) in [6.45, 7) is 2.55. The zero-order chi connectivity index (χ0) is 23.0. The highest BCUT2D eigenvalue weighted by Gasteiger charge is 2.21. The molecule has 0 saturated heterocycles. The summed E-state index contributed by atoms with van der Waals surface area (Å²) in [7, 11) is -3.77. The van der Waals surface area contributed by atoms with E-state index in [4.69, 9.17) is 0 Å². The van der Waals surface area contributed by atoms with Gasteiger partial charge in [0.1, 0.15) is 0 Å². The van der Waals surface area contributed by atoms with E-state index in [-0.39, 0.29) is 35.7 Å². The van der Waals surface area contributed by atoms with Crippen LogP contribution in [-0.4, -0.2) is 33.3 Å². The number of hydrogen-bond donors (Lipinski definition) is 3. The minimum Gasteiger partial charge on any atom is -0.354 e. The van der Waals surface area contributed by atoms with Crippen molar-refractivity contribution < 1.29 is 18.0 Å². The summed E-state index contributed by atoms with van der Waals surface area (Å²) in [4.78, 5) is 24.9. The Morgan fingerprint density at radius 3 is 2.34 bits per heavy atom. The number of sulfonamides is 1. The highest BCUT2D eigenvalue weighted by atomic mass is 32.2. The van der Waals surface area contributed by atoms with Gasteiger partial charge in [0.05, 0.1) is 4.90 Å². The molecule has 0 spiro atoms. The van der Waals surface area contributed by atoms with Crippen LogP contribution in [-0.2, 0) is 21.4 Å². The maximum atomic E-state index is 12.7. The van der Waals surface area contributed by atoms with E-state index >= 15 is 0 Å². The summed E-state index contributed by atoms with van der Waals surface area (Å²) < 4.78 is 27.9. The fraction of sp³-hybridized carbons (Fsp3) is 0.417. The Labute approximate surface area is 190 Å². The van der Waals surface area contributed by atoms with E-state index in [2.05, 4.69) is 15.4 Å². The lowest BCUT2D eigenvalue weighted by Gasteiger charge is -2.20. The van der Waals surface area contributed by atoms with Crippen molar-refractivity contribution in [2.24, 2.45) is 5.92 Å². The third kappa shape index (κ3) is 6.64. The Bertz CT molecular complexity index is 1030. The van der Waals surface area contributed by atoms with Gasteiger partial charge in [0.2, 0.25) is 15.9 Å². The van der Waals surface area contributed by atoms with Crippen LogP contribution >= 0.6 is 0 Å². The molecule has 32 heavy (non-hydrogen) atoms. The van der Waals surface area contributed by atoms with Crippen LogP contribution in [0.3, 0.4) is 0 Å². The first-order valence-electron chi connectivity index (χ1n) is 11.1. The first-order valence-corrected chi connectivity index (χ1v) is 12.6. The number of benzene rings is 2. The van der Waals surface area contributed by atoms with Crippen LogP contribution < -0.4 is 15.4 Å². The molecule has 0 unspecified atom stereocenters. The molecule has 3 rings (SSSR count). The molecule has 8 heteroatoms. The average molecular weight is 458 g/mol. The number of amides is 2. The molecule has 0 aromatic heterocycles. The monoisotopic (exact) mass is 457 g/mol. The van der Waals surface area contributed by atoms with E-state index in [9.17, 15) is 18.0 Å². The van der Waals surface area contributed by atoms with Gasteiger partial charge in [0, 0.05) is 31.1 Å². The van der Waals surface area contributed by atoms with Crippen LogP contribution in [0.5, 0.6) is 0 Å². The van der Waals surface area contributed by atoms with E-state index in [1.54, 1.807) is 13.0 Å². The second-order valence-corrected chi connectivity index (χ2v) is 9.94. The average Bonchev–Trinajstić information content (AvgIpc) is 2.81. The predicted octanol–water partition coefficient (Wildman–Crippen LogP) is 2.90. The summed E-state index contributed by atoms with van der Waals surface area (Å²) in [5.41, 5.74) is 1.82. The number of rotatable bonds is 9. The normalized spacial score (nSPS) is 14.7. The Morgan fingerprint density at radius 1 is 0.938 bits per heavy atom. The van der Waals surface area contributed by atoms with E-state index in [1.807, 2.05) is 30.3 Å². The van der Waals surface area contributed by atoms with Gasteiger partial charge in [-0.2, -0.15) is 0 Å². The van der Waals surface area contributed by atoms with Crippen molar-refractivity contribution in [3.8, 4) is 0 Å². The van der Waals surface area contributed by atoms with Crippen LogP contribution in [0.25, 0.3) is 0 Å². The molecule has 7 nitrogen and oxygen atoms in total. The molecule has 0 atom stereocenters. The molecule has 0 aliphatic heterocycles. The minimum absolute atomic E-state index is 0.0368. The van der Waals surface area contributed by atoms with Crippen LogP contribution in [0.15, 0.2) is 53.4 Å². The molecule has 1 fully saturated rings. The molecular weight excluding hydrogens is 426 g/mol. The van der Waals surface area contributed by atoms with Gasteiger partial charge in [-0.3, -0.25) is 9.59 Å². The number of aryl methyl sites for hydroxylation is 1. The standard InChI is InChI=1S/C24H31N3O4S/c1-18-12-13-21(32(30,31)27-17-19-8-4-2-5-9-19)16-22(18)24(29)26-15-14-25-23(28)20-10-6-3-7-11-20/h2,4-5,8-9,12-13,16,20,27H,3,6-7,10-11,14-15,17H2,1H3,(H,25,28)(H,26,29). The minimum atomic E-state index is -3.77. The Hall–Kier alpha value is -2.71. The summed E-state index contributed by atoms with van der Waals surface area (Å²) in [6.07, 6.45) is 5.23. The van der Waals surface area contributed by atoms with E-state index in [1.165, 1.54) is 18.6 Å². The van der Waals surface area contributed by atoms with Crippen LogP contribution in [0.1, 0.15) is 53.6 Å². The van der Waals surface area contributed by atoms with Crippen LogP contribution in [0.2, 0.25) is 0 Å².